The van der Waals surface area contributed by atoms with E-state index in [0.29, 0.717) is 6.54 Å². The van der Waals surface area contributed by atoms with E-state index >= 15 is 0 Å². The highest BCUT2D eigenvalue weighted by Crippen LogP contribution is 2.13. The van der Waals surface area contributed by atoms with Crippen LogP contribution in [0.25, 0.3) is 0 Å². The van der Waals surface area contributed by atoms with Gasteiger partial charge in [-0.15, -0.1) is 0 Å². The van der Waals surface area contributed by atoms with Gasteiger partial charge in [0.25, 0.3) is 0 Å². The van der Waals surface area contributed by atoms with E-state index in [4.69, 9.17) is 5.73 Å². The highest BCUT2D eigenvalue weighted by atomic mass is 14.8. The largest absolute Gasteiger partial charge is 0.388 e. The summed E-state index contributed by atoms with van der Waals surface area (Å²) in [6.07, 6.45) is 1.81. The molecule has 0 bridgehead atoms. The van der Waals surface area contributed by atoms with Gasteiger partial charge in [-0.05, 0) is 13.0 Å². The molecule has 1 aromatic heterocycles. The van der Waals surface area contributed by atoms with Crippen LogP contribution in [0.2, 0.25) is 0 Å². The molecule has 0 aromatic carbocycles. The highest BCUT2D eigenvalue weighted by Gasteiger charge is 1.98. The molecule has 1 heterocycles. The molecule has 3 nitrogen and oxygen atoms in total. The second-order valence-electron chi connectivity index (χ2n) is 2.44. The van der Waals surface area contributed by atoms with Gasteiger partial charge in [0.15, 0.2) is 0 Å². The van der Waals surface area contributed by atoms with Crippen LogP contribution in [-0.4, -0.2) is 12.0 Å². The normalized spacial score (nSPS) is 9.73. The van der Waals surface area contributed by atoms with Crippen molar-refractivity contribution >= 4 is 5.69 Å². The van der Waals surface area contributed by atoms with Crippen LogP contribution in [0, 0.1) is 6.92 Å². The van der Waals surface area contributed by atoms with E-state index in [2.05, 4.69) is 10.3 Å². The number of nitrogens with two attached hydrogens (primary N) is 1. The van der Waals surface area contributed by atoms with E-state index < -0.39 is 0 Å². The molecule has 0 saturated heterocycles. The van der Waals surface area contributed by atoms with Gasteiger partial charge in [-0.3, -0.25) is 4.98 Å². The number of hydrogen-bond acceptors (Lipinski definition) is 3. The molecule has 60 valence electrons. The Kier molecular flexibility index (Phi) is 2.44. The van der Waals surface area contributed by atoms with Gasteiger partial charge in [0.1, 0.15) is 0 Å². The van der Waals surface area contributed by atoms with Crippen molar-refractivity contribution in [2.24, 2.45) is 5.73 Å². The fourth-order valence-corrected chi connectivity index (χ4v) is 0.984. The van der Waals surface area contributed by atoms with Crippen LogP contribution in [0.1, 0.15) is 11.3 Å². The molecule has 0 fully saturated rings. The molecule has 11 heavy (non-hydrogen) atoms. The molecule has 3 N–H and O–H groups in total. The first-order valence-electron chi connectivity index (χ1n) is 3.61. The second kappa shape index (κ2) is 3.34. The van der Waals surface area contributed by atoms with Gasteiger partial charge in [0.05, 0.1) is 0 Å². The van der Waals surface area contributed by atoms with Crippen LogP contribution in [0.3, 0.4) is 0 Å². The number of anilines is 1. The molecule has 0 amide bonds. The van der Waals surface area contributed by atoms with Gasteiger partial charge >= 0.3 is 0 Å². The lowest BCUT2D eigenvalue weighted by molar-refractivity contribution is 1.03. The zero-order valence-corrected chi connectivity index (χ0v) is 6.89. The van der Waals surface area contributed by atoms with E-state index in [1.54, 1.807) is 6.20 Å². The number of aryl methyl sites for hydroxylation is 1. The minimum Gasteiger partial charge on any atom is -0.388 e. The molecule has 0 atom stereocenters. The Morgan fingerprint density at radius 2 is 2.36 bits per heavy atom. The summed E-state index contributed by atoms with van der Waals surface area (Å²) in [5.41, 5.74) is 8.63. The Morgan fingerprint density at radius 1 is 1.64 bits per heavy atom. The molecule has 3 heteroatoms. The van der Waals surface area contributed by atoms with E-state index in [9.17, 15) is 0 Å². The molecular formula is C8H13N3. The smallest absolute Gasteiger partial charge is 0.0416 e. The van der Waals surface area contributed by atoms with Crippen LogP contribution < -0.4 is 11.1 Å². The molecule has 0 radical (unpaired) electrons. The lowest BCUT2D eigenvalue weighted by Crippen LogP contribution is -2.03. The molecule has 0 unspecified atom stereocenters. The van der Waals surface area contributed by atoms with E-state index in [1.807, 2.05) is 20.0 Å². The van der Waals surface area contributed by atoms with Gasteiger partial charge in [0, 0.05) is 36.7 Å². The first-order valence-corrected chi connectivity index (χ1v) is 3.61. The Labute approximate surface area is 66.6 Å². The lowest BCUT2D eigenvalue weighted by atomic mass is 10.2. The number of rotatable bonds is 2. The predicted molar refractivity (Wildman–Crippen MR) is 46.4 cm³/mol. The molecule has 0 aliphatic carbocycles. The number of hydrogen-bond donors (Lipinski definition) is 2. The third-order valence-corrected chi connectivity index (χ3v) is 1.61. The summed E-state index contributed by atoms with van der Waals surface area (Å²) in [6.45, 7) is 2.49. The number of nitrogens with one attached hydrogen (secondary N) is 1. The van der Waals surface area contributed by atoms with E-state index in [0.717, 1.165) is 16.9 Å². The monoisotopic (exact) mass is 151 g/mol. The van der Waals surface area contributed by atoms with Crippen LogP contribution in [-0.2, 0) is 6.54 Å². The topological polar surface area (TPSA) is 50.9 Å². The molecule has 0 spiro atoms. The van der Waals surface area contributed by atoms with Crippen molar-refractivity contribution in [2.45, 2.75) is 13.5 Å². The summed E-state index contributed by atoms with van der Waals surface area (Å²) in [6, 6.07) is 1.99. The minimum atomic E-state index is 0.531. The summed E-state index contributed by atoms with van der Waals surface area (Å²) in [5.74, 6) is 0. The van der Waals surface area contributed by atoms with Crippen LogP contribution in [0.4, 0.5) is 5.69 Å². The lowest BCUT2D eigenvalue weighted by Gasteiger charge is -2.06. The van der Waals surface area contributed by atoms with Crippen molar-refractivity contribution in [1.29, 1.82) is 0 Å². The number of nitrogens with zero attached hydrogens (tertiary/aromatic N) is 1. The van der Waals surface area contributed by atoms with Gasteiger partial charge in [-0.25, -0.2) is 0 Å². The van der Waals surface area contributed by atoms with Crippen molar-refractivity contribution in [3.05, 3.63) is 23.5 Å². The minimum absolute atomic E-state index is 0.531. The maximum absolute atomic E-state index is 5.50. The first kappa shape index (κ1) is 8.01. The summed E-state index contributed by atoms with van der Waals surface area (Å²) in [4.78, 5) is 4.14. The van der Waals surface area contributed by atoms with Crippen molar-refractivity contribution in [3.8, 4) is 0 Å². The van der Waals surface area contributed by atoms with Crippen LogP contribution >= 0.6 is 0 Å². The SMILES string of the molecule is CNc1cc(C)ncc1CN. The fourth-order valence-electron chi connectivity index (χ4n) is 0.984. The van der Waals surface area contributed by atoms with E-state index in [-0.39, 0.29) is 0 Å². The standard InChI is InChI=1S/C8H13N3/c1-6-3-8(10-2)7(4-9)5-11-6/h3,5H,4,9H2,1-2H3,(H,10,11). The Bertz CT molecular complexity index is 245. The second-order valence-corrected chi connectivity index (χ2v) is 2.44. The molecule has 0 aliphatic heterocycles. The van der Waals surface area contributed by atoms with Gasteiger partial charge in [-0.2, -0.15) is 0 Å². The van der Waals surface area contributed by atoms with Gasteiger partial charge < -0.3 is 11.1 Å². The van der Waals surface area contributed by atoms with Crippen molar-refractivity contribution in [3.63, 3.8) is 0 Å². The fraction of sp³-hybridized carbons (Fsp3) is 0.375. The van der Waals surface area contributed by atoms with Crippen molar-refractivity contribution in [2.75, 3.05) is 12.4 Å². The van der Waals surface area contributed by atoms with Crippen LogP contribution in [0.5, 0.6) is 0 Å². The van der Waals surface area contributed by atoms with E-state index in [1.165, 1.54) is 0 Å². The zero-order chi connectivity index (χ0) is 8.27. The zero-order valence-electron chi connectivity index (χ0n) is 6.89. The molecular weight excluding hydrogens is 138 g/mol. The maximum Gasteiger partial charge on any atom is 0.0416 e. The number of aromatic nitrogens is 1. The predicted octanol–water partition coefficient (Wildman–Crippen LogP) is 0.890. The van der Waals surface area contributed by atoms with Gasteiger partial charge in [0.2, 0.25) is 0 Å². The third kappa shape index (κ3) is 1.68. The van der Waals surface area contributed by atoms with Gasteiger partial charge in [-0.1, -0.05) is 0 Å². The molecule has 0 saturated carbocycles. The summed E-state index contributed by atoms with van der Waals surface area (Å²) >= 11 is 0. The van der Waals surface area contributed by atoms with Crippen molar-refractivity contribution < 1.29 is 0 Å². The third-order valence-electron chi connectivity index (χ3n) is 1.61. The summed E-state index contributed by atoms with van der Waals surface area (Å²) < 4.78 is 0. The highest BCUT2D eigenvalue weighted by molar-refractivity contribution is 5.50. The number of pyridine rings is 1. The van der Waals surface area contributed by atoms with Crippen molar-refractivity contribution in [1.82, 2.24) is 4.98 Å². The average molecular weight is 151 g/mol. The first-order chi connectivity index (χ1) is 5.27. The Morgan fingerprint density at radius 3 is 2.91 bits per heavy atom. The molecule has 0 aliphatic rings. The molecule has 1 rings (SSSR count). The Hall–Kier alpha value is -1.09. The van der Waals surface area contributed by atoms with Crippen LogP contribution in [0.15, 0.2) is 12.3 Å². The quantitative estimate of drug-likeness (QED) is 0.660. The maximum atomic E-state index is 5.50. The average Bonchev–Trinajstić information content (AvgIpc) is 2.04. The summed E-state index contributed by atoms with van der Waals surface area (Å²) in [7, 11) is 1.88. The summed E-state index contributed by atoms with van der Waals surface area (Å²) in [5, 5.41) is 3.07. The molecule has 1 aromatic rings. The Balaban J connectivity index is 3.06.